The van der Waals surface area contributed by atoms with Gasteiger partial charge in [-0.15, -0.1) is 0 Å². The molecule has 1 unspecified atom stereocenters. The van der Waals surface area contributed by atoms with Crippen molar-refractivity contribution in [2.24, 2.45) is 0 Å². The quantitative estimate of drug-likeness (QED) is 0.896. The number of rotatable bonds is 2. The first-order valence-corrected chi connectivity index (χ1v) is 6.66. The summed E-state index contributed by atoms with van der Waals surface area (Å²) in [7, 11) is 0. The molecule has 5 nitrogen and oxygen atoms in total. The van der Waals surface area contributed by atoms with E-state index in [0.29, 0.717) is 36.4 Å². The molecule has 108 valence electrons. The molecule has 1 heterocycles. The molecule has 20 heavy (non-hydrogen) atoms. The summed E-state index contributed by atoms with van der Waals surface area (Å²) in [5.74, 6) is -1.28. The molecule has 1 aromatic carbocycles. The lowest BCUT2D eigenvalue weighted by Crippen LogP contribution is -2.45. The van der Waals surface area contributed by atoms with Gasteiger partial charge < -0.3 is 14.7 Å². The van der Waals surface area contributed by atoms with Crippen molar-refractivity contribution in [3.8, 4) is 0 Å². The normalized spacial score (nSPS) is 18.9. The van der Waals surface area contributed by atoms with Gasteiger partial charge in [0.25, 0.3) is 5.91 Å². The number of benzene rings is 1. The molecule has 0 aliphatic carbocycles. The summed E-state index contributed by atoms with van der Waals surface area (Å²) >= 11 is 0. The molecule has 0 saturated carbocycles. The van der Waals surface area contributed by atoms with Crippen LogP contribution in [0.4, 0.5) is 0 Å². The molecule has 1 saturated heterocycles. The van der Waals surface area contributed by atoms with Crippen LogP contribution in [0.3, 0.4) is 0 Å². The van der Waals surface area contributed by atoms with Gasteiger partial charge in [0.15, 0.2) is 0 Å². The van der Waals surface area contributed by atoms with Crippen LogP contribution in [0.1, 0.15) is 38.8 Å². The van der Waals surface area contributed by atoms with Gasteiger partial charge in [0.2, 0.25) is 0 Å². The second-order valence-corrected chi connectivity index (χ2v) is 5.19. The fourth-order valence-corrected chi connectivity index (χ4v) is 2.52. The van der Waals surface area contributed by atoms with E-state index in [0.717, 1.165) is 0 Å². The summed E-state index contributed by atoms with van der Waals surface area (Å²) in [6, 6.07) is 3.52. The van der Waals surface area contributed by atoms with Crippen LogP contribution < -0.4 is 0 Å². The Labute approximate surface area is 118 Å². The van der Waals surface area contributed by atoms with Crippen LogP contribution in [-0.4, -0.2) is 47.7 Å². The topological polar surface area (TPSA) is 66.8 Å². The van der Waals surface area contributed by atoms with Crippen molar-refractivity contribution in [3.63, 3.8) is 0 Å². The Morgan fingerprint density at radius 1 is 1.25 bits per heavy atom. The average molecular weight is 277 g/mol. The predicted octanol–water partition coefficient (Wildman–Crippen LogP) is 1.86. The summed E-state index contributed by atoms with van der Waals surface area (Å²) in [5, 5.41) is 9.37. The number of ether oxygens (including phenoxy) is 1. The number of morpholine rings is 1. The summed E-state index contributed by atoms with van der Waals surface area (Å²) < 4.78 is 5.42. The number of carbonyl (C=O) groups excluding carboxylic acids is 1. The molecule has 1 aliphatic rings. The van der Waals surface area contributed by atoms with Gasteiger partial charge in [0.05, 0.1) is 23.8 Å². The minimum Gasteiger partial charge on any atom is -0.478 e. The number of hydrogen-bond acceptors (Lipinski definition) is 3. The number of carbonyl (C=O) groups is 2. The van der Waals surface area contributed by atoms with E-state index in [9.17, 15) is 14.7 Å². The fraction of sp³-hybridized carbons (Fsp3) is 0.467. The fourth-order valence-electron chi connectivity index (χ4n) is 2.52. The van der Waals surface area contributed by atoms with E-state index in [1.165, 1.54) is 0 Å². The first-order chi connectivity index (χ1) is 9.41. The Balaban J connectivity index is 2.43. The van der Waals surface area contributed by atoms with E-state index in [1.54, 1.807) is 30.9 Å². The maximum absolute atomic E-state index is 12.7. The monoisotopic (exact) mass is 277 g/mol. The van der Waals surface area contributed by atoms with Crippen molar-refractivity contribution in [2.45, 2.75) is 26.9 Å². The molecule has 2 rings (SSSR count). The third kappa shape index (κ3) is 2.67. The van der Waals surface area contributed by atoms with E-state index in [1.807, 2.05) is 6.92 Å². The highest BCUT2D eigenvalue weighted by atomic mass is 16.5. The molecule has 0 bridgehead atoms. The SMILES string of the molecule is Cc1ccc(C)c(C(=O)N2CCOC(C)C2)c1C(=O)O. The molecule has 1 amide bonds. The second kappa shape index (κ2) is 5.63. The first-order valence-electron chi connectivity index (χ1n) is 6.66. The Morgan fingerprint density at radius 2 is 1.85 bits per heavy atom. The maximum Gasteiger partial charge on any atom is 0.336 e. The average Bonchev–Trinajstić information content (AvgIpc) is 2.40. The molecule has 1 atom stereocenters. The Morgan fingerprint density at radius 3 is 2.40 bits per heavy atom. The Kier molecular flexibility index (Phi) is 4.09. The van der Waals surface area contributed by atoms with E-state index in [-0.39, 0.29) is 17.6 Å². The van der Waals surface area contributed by atoms with Gasteiger partial charge in [-0.1, -0.05) is 12.1 Å². The lowest BCUT2D eigenvalue weighted by Gasteiger charge is -2.32. The minimum absolute atomic E-state index is 0.0221. The van der Waals surface area contributed by atoms with Crippen LogP contribution in [0, 0.1) is 13.8 Å². The number of hydrogen-bond donors (Lipinski definition) is 1. The molecule has 5 heteroatoms. The zero-order chi connectivity index (χ0) is 14.9. The highest BCUT2D eigenvalue weighted by molar-refractivity contribution is 6.06. The highest BCUT2D eigenvalue weighted by Gasteiger charge is 2.28. The third-order valence-electron chi connectivity index (χ3n) is 3.58. The van der Waals surface area contributed by atoms with Crippen molar-refractivity contribution >= 4 is 11.9 Å². The molecule has 0 spiro atoms. The standard InChI is InChI=1S/C15H19NO4/c1-9-4-5-10(2)13(15(18)19)12(9)14(17)16-6-7-20-11(3)8-16/h4-5,11H,6-8H2,1-3H3,(H,18,19). The van der Waals surface area contributed by atoms with Crippen molar-refractivity contribution in [1.82, 2.24) is 4.90 Å². The number of carboxylic acid groups (broad SMARTS) is 1. The van der Waals surface area contributed by atoms with E-state index in [4.69, 9.17) is 4.74 Å². The van der Waals surface area contributed by atoms with Crippen LogP contribution in [0.25, 0.3) is 0 Å². The zero-order valence-electron chi connectivity index (χ0n) is 12.0. The van der Waals surface area contributed by atoms with E-state index in [2.05, 4.69) is 0 Å². The zero-order valence-corrected chi connectivity index (χ0v) is 12.0. The van der Waals surface area contributed by atoms with Crippen LogP contribution in [0.2, 0.25) is 0 Å². The van der Waals surface area contributed by atoms with Crippen LogP contribution in [-0.2, 0) is 4.74 Å². The lowest BCUT2D eigenvalue weighted by molar-refractivity contribution is -0.0125. The lowest BCUT2D eigenvalue weighted by atomic mass is 9.96. The maximum atomic E-state index is 12.7. The molecular formula is C15H19NO4. The highest BCUT2D eigenvalue weighted by Crippen LogP contribution is 2.22. The van der Waals surface area contributed by atoms with E-state index >= 15 is 0 Å². The van der Waals surface area contributed by atoms with Gasteiger partial charge >= 0.3 is 5.97 Å². The number of aromatic carboxylic acids is 1. The summed E-state index contributed by atoms with van der Waals surface area (Å²) in [6.07, 6.45) is -0.0221. The molecule has 0 aromatic heterocycles. The van der Waals surface area contributed by atoms with Gasteiger partial charge in [-0.25, -0.2) is 4.79 Å². The molecule has 0 radical (unpaired) electrons. The van der Waals surface area contributed by atoms with Crippen molar-refractivity contribution in [3.05, 3.63) is 34.4 Å². The smallest absolute Gasteiger partial charge is 0.336 e. The molecule has 1 aromatic rings. The van der Waals surface area contributed by atoms with Crippen LogP contribution >= 0.6 is 0 Å². The van der Waals surface area contributed by atoms with Crippen molar-refractivity contribution in [2.75, 3.05) is 19.7 Å². The van der Waals surface area contributed by atoms with Gasteiger partial charge in [0.1, 0.15) is 0 Å². The molecule has 1 fully saturated rings. The second-order valence-electron chi connectivity index (χ2n) is 5.19. The van der Waals surface area contributed by atoms with Crippen molar-refractivity contribution < 1.29 is 19.4 Å². The first kappa shape index (κ1) is 14.5. The molecule has 1 aliphatic heterocycles. The van der Waals surface area contributed by atoms with Crippen LogP contribution in [0.15, 0.2) is 12.1 Å². The van der Waals surface area contributed by atoms with Gasteiger partial charge in [0, 0.05) is 13.1 Å². The largest absolute Gasteiger partial charge is 0.478 e. The predicted molar refractivity (Wildman–Crippen MR) is 74.2 cm³/mol. The Hall–Kier alpha value is -1.88. The number of nitrogens with zero attached hydrogens (tertiary/aromatic N) is 1. The van der Waals surface area contributed by atoms with E-state index < -0.39 is 5.97 Å². The number of carboxylic acids is 1. The third-order valence-corrected chi connectivity index (χ3v) is 3.58. The van der Waals surface area contributed by atoms with Gasteiger partial charge in [-0.3, -0.25) is 4.79 Å². The Bertz CT molecular complexity index is 553. The van der Waals surface area contributed by atoms with Crippen molar-refractivity contribution in [1.29, 1.82) is 0 Å². The van der Waals surface area contributed by atoms with Gasteiger partial charge in [-0.2, -0.15) is 0 Å². The summed E-state index contributed by atoms with van der Waals surface area (Å²) in [5.41, 5.74) is 1.70. The molecule has 1 N–H and O–H groups in total. The summed E-state index contributed by atoms with van der Waals surface area (Å²) in [4.78, 5) is 25.8. The van der Waals surface area contributed by atoms with Crippen LogP contribution in [0.5, 0.6) is 0 Å². The number of amides is 1. The summed E-state index contributed by atoms with van der Waals surface area (Å²) in [6.45, 7) is 6.85. The number of aryl methyl sites for hydroxylation is 2. The molecular weight excluding hydrogens is 258 g/mol. The van der Waals surface area contributed by atoms with Gasteiger partial charge in [-0.05, 0) is 31.9 Å². The minimum atomic E-state index is -1.06.